The standard InChI is InChI=1S/C21H22N4O2/c1-27-20-18(11-22)19(9-10-23-20)24-13-16-7-8-17(14-24)25(21(16)26)12-15-5-3-2-4-6-15/h2-6,9-10,16-17H,7-8,12-14H2,1H3/t16-,17+/m0/s1. The number of carbonyl (C=O) groups excluding carboxylic acids is 1. The number of benzene rings is 1. The molecule has 6 heteroatoms. The van der Waals surface area contributed by atoms with E-state index in [0.717, 1.165) is 30.6 Å². The quantitative estimate of drug-likeness (QED) is 0.836. The molecule has 3 aliphatic rings. The van der Waals surface area contributed by atoms with E-state index < -0.39 is 0 Å². The Morgan fingerprint density at radius 3 is 2.78 bits per heavy atom. The third kappa shape index (κ3) is 3.21. The van der Waals surface area contributed by atoms with Gasteiger partial charge in [-0.1, -0.05) is 30.3 Å². The predicted molar refractivity (Wildman–Crippen MR) is 101 cm³/mol. The minimum absolute atomic E-state index is 0.0434. The molecule has 3 fully saturated rings. The molecule has 1 aromatic carbocycles. The number of anilines is 1. The van der Waals surface area contributed by atoms with Crippen LogP contribution >= 0.6 is 0 Å². The molecule has 2 atom stereocenters. The fourth-order valence-electron chi connectivity index (χ4n) is 4.18. The number of piperidine rings is 1. The molecule has 5 rings (SSSR count). The normalized spacial score (nSPS) is 21.7. The molecule has 1 aromatic heterocycles. The van der Waals surface area contributed by atoms with Gasteiger partial charge in [0.15, 0.2) is 0 Å². The Bertz CT molecular complexity index is 877. The number of fused-ring (bicyclic) bond motifs is 4. The van der Waals surface area contributed by atoms with Gasteiger partial charge >= 0.3 is 0 Å². The molecule has 0 radical (unpaired) electrons. The number of hydrogen-bond donors (Lipinski definition) is 0. The van der Waals surface area contributed by atoms with Crippen LogP contribution < -0.4 is 9.64 Å². The van der Waals surface area contributed by atoms with E-state index in [4.69, 9.17) is 4.74 Å². The summed E-state index contributed by atoms with van der Waals surface area (Å²) < 4.78 is 5.25. The first-order chi connectivity index (χ1) is 13.2. The van der Waals surface area contributed by atoms with E-state index in [1.165, 1.54) is 7.11 Å². The third-order valence-corrected chi connectivity index (χ3v) is 5.53. The Hall–Kier alpha value is -3.07. The van der Waals surface area contributed by atoms with Crippen LogP contribution in [0.15, 0.2) is 42.6 Å². The second-order valence-corrected chi connectivity index (χ2v) is 7.11. The molecule has 2 bridgehead atoms. The molecule has 0 unspecified atom stereocenters. The summed E-state index contributed by atoms with van der Waals surface area (Å²) in [5.41, 5.74) is 2.38. The van der Waals surface area contributed by atoms with Crippen LogP contribution in [0.1, 0.15) is 24.0 Å². The second kappa shape index (κ2) is 7.28. The van der Waals surface area contributed by atoms with E-state index in [2.05, 4.69) is 28.1 Å². The summed E-state index contributed by atoms with van der Waals surface area (Å²) in [5, 5.41) is 9.60. The van der Waals surface area contributed by atoms with Crippen molar-refractivity contribution in [1.29, 1.82) is 5.26 Å². The van der Waals surface area contributed by atoms with Crippen LogP contribution in [0, 0.1) is 17.2 Å². The Morgan fingerprint density at radius 1 is 1.22 bits per heavy atom. The average molecular weight is 362 g/mol. The molecule has 1 amide bonds. The highest BCUT2D eigenvalue weighted by molar-refractivity contribution is 5.82. The predicted octanol–water partition coefficient (Wildman–Crippen LogP) is 2.59. The van der Waals surface area contributed by atoms with Crippen molar-refractivity contribution in [2.45, 2.75) is 25.4 Å². The van der Waals surface area contributed by atoms with Gasteiger partial charge in [-0.2, -0.15) is 5.26 Å². The van der Waals surface area contributed by atoms with Gasteiger partial charge in [-0.25, -0.2) is 4.98 Å². The molecule has 4 heterocycles. The molecular weight excluding hydrogens is 340 g/mol. The van der Waals surface area contributed by atoms with Gasteiger partial charge in [-0.15, -0.1) is 0 Å². The van der Waals surface area contributed by atoms with Gasteiger partial charge < -0.3 is 14.5 Å². The Kier molecular flexibility index (Phi) is 4.68. The molecule has 0 spiro atoms. The number of pyridine rings is 1. The number of nitriles is 1. The number of ether oxygens (including phenoxy) is 1. The SMILES string of the molecule is COc1nccc(N2C[C@@H]3CC[C@H](C2)N(Cc2ccccc2)C3=O)c1C#N. The summed E-state index contributed by atoms with van der Waals surface area (Å²) in [6, 6.07) is 14.3. The number of methoxy groups -OCH3 is 1. The molecule has 6 nitrogen and oxygen atoms in total. The molecule has 3 saturated heterocycles. The highest BCUT2D eigenvalue weighted by Gasteiger charge is 2.41. The number of nitrogens with zero attached hydrogens (tertiary/aromatic N) is 4. The summed E-state index contributed by atoms with van der Waals surface area (Å²) in [7, 11) is 1.52. The van der Waals surface area contributed by atoms with Gasteiger partial charge in [0.2, 0.25) is 11.8 Å². The maximum atomic E-state index is 13.1. The largest absolute Gasteiger partial charge is 0.480 e. The molecule has 27 heavy (non-hydrogen) atoms. The van der Waals surface area contributed by atoms with Gasteiger partial charge in [-0.05, 0) is 24.5 Å². The molecule has 0 aliphatic carbocycles. The smallest absolute Gasteiger partial charge is 0.233 e. The fraction of sp³-hybridized carbons (Fsp3) is 0.381. The van der Waals surface area contributed by atoms with Crippen molar-refractivity contribution in [3.63, 3.8) is 0 Å². The van der Waals surface area contributed by atoms with E-state index >= 15 is 0 Å². The minimum atomic E-state index is -0.0434. The molecule has 2 aromatic rings. The van der Waals surface area contributed by atoms with E-state index in [-0.39, 0.29) is 17.9 Å². The Morgan fingerprint density at radius 2 is 2.04 bits per heavy atom. The van der Waals surface area contributed by atoms with Gasteiger partial charge in [0.05, 0.1) is 18.7 Å². The zero-order valence-corrected chi connectivity index (χ0v) is 15.3. The van der Waals surface area contributed by atoms with E-state index in [9.17, 15) is 10.1 Å². The minimum Gasteiger partial charge on any atom is -0.480 e. The number of aromatic nitrogens is 1. The van der Waals surface area contributed by atoms with Gasteiger partial charge in [0.1, 0.15) is 11.6 Å². The van der Waals surface area contributed by atoms with Crippen molar-refractivity contribution in [3.8, 4) is 11.9 Å². The monoisotopic (exact) mass is 362 g/mol. The van der Waals surface area contributed by atoms with E-state index in [0.29, 0.717) is 24.5 Å². The van der Waals surface area contributed by atoms with Crippen LogP contribution in [0.5, 0.6) is 5.88 Å². The molecule has 138 valence electrons. The summed E-state index contributed by atoms with van der Waals surface area (Å²) in [5.74, 6) is 0.509. The number of rotatable bonds is 4. The van der Waals surface area contributed by atoms with Crippen molar-refractivity contribution in [2.24, 2.45) is 5.92 Å². The summed E-state index contributed by atoms with van der Waals surface area (Å²) in [4.78, 5) is 21.4. The molecular formula is C21H22N4O2. The summed E-state index contributed by atoms with van der Waals surface area (Å²) in [6.45, 7) is 1.98. The van der Waals surface area contributed by atoms with Gasteiger partial charge in [0, 0.05) is 31.9 Å². The van der Waals surface area contributed by atoms with Crippen molar-refractivity contribution < 1.29 is 9.53 Å². The van der Waals surface area contributed by atoms with Crippen LogP contribution in [0.3, 0.4) is 0 Å². The molecule has 0 saturated carbocycles. The Balaban J connectivity index is 1.64. The fourth-order valence-corrected chi connectivity index (χ4v) is 4.18. The zero-order valence-electron chi connectivity index (χ0n) is 15.3. The number of hydrogen-bond acceptors (Lipinski definition) is 5. The number of amides is 1. The number of carbonyl (C=O) groups is 1. The van der Waals surface area contributed by atoms with Crippen LogP contribution in [-0.4, -0.2) is 42.0 Å². The zero-order chi connectivity index (χ0) is 18.8. The highest BCUT2D eigenvalue weighted by Crippen LogP contribution is 2.35. The van der Waals surface area contributed by atoms with Crippen LogP contribution in [-0.2, 0) is 11.3 Å². The van der Waals surface area contributed by atoms with Crippen LogP contribution in [0.2, 0.25) is 0 Å². The van der Waals surface area contributed by atoms with Gasteiger partial charge in [0.25, 0.3) is 0 Å². The first-order valence-electron chi connectivity index (χ1n) is 9.23. The van der Waals surface area contributed by atoms with Crippen molar-refractivity contribution in [1.82, 2.24) is 9.88 Å². The summed E-state index contributed by atoms with van der Waals surface area (Å²) in [6.07, 6.45) is 3.55. The van der Waals surface area contributed by atoms with E-state index in [1.807, 2.05) is 29.2 Å². The molecule has 0 N–H and O–H groups in total. The Labute approximate surface area is 159 Å². The average Bonchev–Trinajstić information content (AvgIpc) is 3.00. The second-order valence-electron chi connectivity index (χ2n) is 7.11. The summed E-state index contributed by atoms with van der Waals surface area (Å²) >= 11 is 0. The lowest BCUT2D eigenvalue weighted by molar-refractivity contribution is -0.140. The maximum Gasteiger partial charge on any atom is 0.233 e. The lowest BCUT2D eigenvalue weighted by Crippen LogP contribution is -2.47. The maximum absolute atomic E-state index is 13.1. The molecule has 3 aliphatic heterocycles. The van der Waals surface area contributed by atoms with Gasteiger partial charge in [-0.3, -0.25) is 4.79 Å². The van der Waals surface area contributed by atoms with Crippen molar-refractivity contribution >= 4 is 11.6 Å². The first kappa shape index (κ1) is 17.3. The van der Waals surface area contributed by atoms with Crippen molar-refractivity contribution in [3.05, 3.63) is 53.7 Å². The lowest BCUT2D eigenvalue weighted by Gasteiger charge is -2.36. The third-order valence-electron chi connectivity index (χ3n) is 5.53. The topological polar surface area (TPSA) is 69.5 Å². The first-order valence-corrected chi connectivity index (χ1v) is 9.23. The van der Waals surface area contributed by atoms with Crippen molar-refractivity contribution in [2.75, 3.05) is 25.1 Å². The van der Waals surface area contributed by atoms with Crippen LogP contribution in [0.4, 0.5) is 5.69 Å². The van der Waals surface area contributed by atoms with E-state index in [1.54, 1.807) is 6.20 Å². The van der Waals surface area contributed by atoms with Crippen LogP contribution in [0.25, 0.3) is 0 Å². The lowest BCUT2D eigenvalue weighted by atomic mass is 9.93. The highest BCUT2D eigenvalue weighted by atomic mass is 16.5.